The molecule has 0 saturated carbocycles. The molecule has 0 aromatic heterocycles. The molecule has 0 N–H and O–H groups in total. The van der Waals surface area contributed by atoms with Crippen LogP contribution >= 0.6 is 0 Å². The molecule has 0 saturated heterocycles. The van der Waals surface area contributed by atoms with E-state index in [2.05, 4.69) is 152 Å². The Bertz CT molecular complexity index is 1230. The van der Waals surface area contributed by atoms with Gasteiger partial charge in [-0.05, 0) is 94.1 Å². The van der Waals surface area contributed by atoms with Crippen molar-refractivity contribution in [3.05, 3.63) is 114 Å². The van der Waals surface area contributed by atoms with E-state index in [1.807, 2.05) is 0 Å². The van der Waals surface area contributed by atoms with Gasteiger partial charge in [-0.15, -0.1) is 0 Å². The first-order valence-electron chi connectivity index (χ1n) is 13.2. The third kappa shape index (κ3) is 6.67. The summed E-state index contributed by atoms with van der Waals surface area (Å²) in [5.74, 6) is 2.24. The number of benzene rings is 4. The van der Waals surface area contributed by atoms with Crippen LogP contribution in [0.4, 0.5) is 0 Å². The minimum absolute atomic E-state index is 0.137. The molecule has 0 radical (unpaired) electrons. The van der Waals surface area contributed by atoms with Gasteiger partial charge in [-0.3, -0.25) is 0 Å². The van der Waals surface area contributed by atoms with Crippen LogP contribution in [0, 0.1) is 0 Å². The number of hydrogen-bond acceptors (Lipinski definition) is 1. The first-order valence-corrected chi connectivity index (χ1v) is 14.5. The molecule has 2 heteroatoms. The Morgan fingerprint density at radius 1 is 0.486 bits per heavy atom. The highest BCUT2D eigenvalue weighted by Gasteiger charge is 2.30. The van der Waals surface area contributed by atoms with Crippen LogP contribution in [0.3, 0.4) is 0 Å². The van der Waals surface area contributed by atoms with Gasteiger partial charge in [0.25, 0.3) is 0 Å². The van der Waals surface area contributed by atoms with E-state index >= 15 is 0 Å². The minimum atomic E-state index is -0.203. The molecule has 4 rings (SSSR count). The topological polar surface area (TPSA) is 9.23 Å². The highest BCUT2D eigenvalue weighted by atomic mass is 32.2. The van der Waals surface area contributed by atoms with Crippen LogP contribution in [0.2, 0.25) is 0 Å². The maximum atomic E-state index is 6.17. The molecule has 0 aliphatic heterocycles. The van der Waals surface area contributed by atoms with Crippen LogP contribution in [-0.4, -0.2) is 0 Å². The van der Waals surface area contributed by atoms with Crippen LogP contribution in [0.15, 0.2) is 112 Å². The summed E-state index contributed by atoms with van der Waals surface area (Å²) in [4.78, 5) is 3.94. The lowest BCUT2D eigenvalue weighted by molar-refractivity contribution is 0.482. The Morgan fingerprint density at radius 2 is 0.811 bits per heavy atom. The van der Waals surface area contributed by atoms with Gasteiger partial charge in [0, 0.05) is 0 Å². The number of hydrogen-bond donors (Lipinski definition) is 0. The van der Waals surface area contributed by atoms with Gasteiger partial charge in [0.05, 0.1) is 10.9 Å². The summed E-state index contributed by atoms with van der Waals surface area (Å²) in [6.45, 7) is 18.0. The average Bonchev–Trinajstić information content (AvgIpc) is 2.85. The predicted octanol–water partition coefficient (Wildman–Crippen LogP) is 10.3. The molecule has 0 unspecified atom stereocenters. The van der Waals surface area contributed by atoms with Crippen LogP contribution < -0.4 is 4.74 Å². The first kappa shape index (κ1) is 27.1. The second kappa shape index (κ2) is 10.8. The van der Waals surface area contributed by atoms with Crippen molar-refractivity contribution in [2.75, 3.05) is 0 Å². The fourth-order valence-electron chi connectivity index (χ4n) is 4.29. The van der Waals surface area contributed by atoms with Gasteiger partial charge in [0.15, 0.2) is 14.7 Å². The first-order chi connectivity index (χ1) is 17.4. The summed E-state index contributed by atoms with van der Waals surface area (Å²) in [6, 6.07) is 35.4. The van der Waals surface area contributed by atoms with Gasteiger partial charge in [0.2, 0.25) is 0 Å². The molecule has 37 heavy (non-hydrogen) atoms. The van der Waals surface area contributed by atoms with E-state index in [0.717, 1.165) is 11.5 Å². The standard InChI is InChI=1S/C35H41OS/c1-25(2)26-9-15-29(16-10-26)36-30-17-23-33(24-18-30)37(31-19-11-27(12-20-31)34(3,4)5)32-21-13-28(14-22-32)35(6,7)8/h9-25H,1-8H3/q+1. The maximum absolute atomic E-state index is 6.17. The molecule has 0 aliphatic carbocycles. The average molecular weight is 510 g/mol. The van der Waals surface area contributed by atoms with Crippen molar-refractivity contribution in [3.63, 3.8) is 0 Å². The number of rotatable bonds is 6. The summed E-state index contributed by atoms with van der Waals surface area (Å²) in [7, 11) is -0.203. The van der Waals surface area contributed by atoms with E-state index in [4.69, 9.17) is 4.74 Å². The van der Waals surface area contributed by atoms with E-state index < -0.39 is 0 Å². The molecular formula is C35H41OS+. The second-order valence-electron chi connectivity index (χ2n) is 12.2. The van der Waals surface area contributed by atoms with E-state index in [0.29, 0.717) is 5.92 Å². The lowest BCUT2D eigenvalue weighted by Gasteiger charge is -2.20. The van der Waals surface area contributed by atoms with Crippen LogP contribution in [0.5, 0.6) is 11.5 Å². The summed E-state index contributed by atoms with van der Waals surface area (Å²) in [6.07, 6.45) is 0. The Morgan fingerprint density at radius 3 is 1.14 bits per heavy atom. The summed E-state index contributed by atoms with van der Waals surface area (Å²) >= 11 is 0. The van der Waals surface area contributed by atoms with Crippen molar-refractivity contribution < 1.29 is 4.74 Å². The van der Waals surface area contributed by atoms with Gasteiger partial charge in [-0.25, -0.2) is 0 Å². The molecule has 0 amide bonds. The van der Waals surface area contributed by atoms with Crippen molar-refractivity contribution in [2.24, 2.45) is 0 Å². The zero-order valence-corrected chi connectivity index (χ0v) is 24.4. The van der Waals surface area contributed by atoms with Crippen LogP contribution in [-0.2, 0) is 21.7 Å². The SMILES string of the molecule is CC(C)c1ccc(Oc2ccc([S+](c3ccc(C(C)(C)C)cc3)c3ccc(C(C)(C)C)cc3)cc2)cc1. The predicted molar refractivity (Wildman–Crippen MR) is 159 cm³/mol. The van der Waals surface area contributed by atoms with Gasteiger partial charge in [-0.2, -0.15) is 0 Å². The third-order valence-corrected chi connectivity index (χ3v) is 8.98. The zero-order chi connectivity index (χ0) is 26.8. The maximum Gasteiger partial charge on any atom is 0.166 e. The van der Waals surface area contributed by atoms with E-state index in [9.17, 15) is 0 Å². The molecular weight excluding hydrogens is 468 g/mol. The molecule has 4 aromatic carbocycles. The van der Waals surface area contributed by atoms with Crippen LogP contribution in [0.1, 0.15) is 78.0 Å². The molecule has 0 heterocycles. The van der Waals surface area contributed by atoms with Gasteiger partial charge in [0.1, 0.15) is 11.5 Å². The fourth-order valence-corrected chi connectivity index (χ4v) is 6.33. The van der Waals surface area contributed by atoms with Gasteiger partial charge >= 0.3 is 0 Å². The Labute approximate surface area is 227 Å². The third-order valence-electron chi connectivity index (χ3n) is 6.75. The Hall–Kier alpha value is -2.97. The smallest absolute Gasteiger partial charge is 0.166 e. The van der Waals surface area contributed by atoms with Crippen molar-refractivity contribution >= 4 is 10.9 Å². The summed E-state index contributed by atoms with van der Waals surface area (Å²) in [5, 5.41) is 0. The van der Waals surface area contributed by atoms with Crippen molar-refractivity contribution in [1.82, 2.24) is 0 Å². The normalized spacial score (nSPS) is 12.3. The van der Waals surface area contributed by atoms with Crippen molar-refractivity contribution in [2.45, 2.75) is 86.8 Å². The lowest BCUT2D eigenvalue weighted by Crippen LogP contribution is -2.13. The molecule has 0 bridgehead atoms. The molecule has 4 aromatic rings. The highest BCUT2D eigenvalue weighted by Crippen LogP contribution is 2.35. The molecule has 0 aliphatic rings. The van der Waals surface area contributed by atoms with E-state index in [1.54, 1.807) is 0 Å². The van der Waals surface area contributed by atoms with Crippen LogP contribution in [0.25, 0.3) is 0 Å². The van der Waals surface area contributed by atoms with E-state index in [-0.39, 0.29) is 21.7 Å². The minimum Gasteiger partial charge on any atom is -0.457 e. The largest absolute Gasteiger partial charge is 0.457 e. The second-order valence-corrected chi connectivity index (χ2v) is 14.2. The fraction of sp³-hybridized carbons (Fsp3) is 0.314. The molecule has 1 nitrogen and oxygen atoms in total. The molecule has 0 atom stereocenters. The van der Waals surface area contributed by atoms with E-state index in [1.165, 1.54) is 31.4 Å². The number of ether oxygens (including phenoxy) is 1. The molecule has 0 fully saturated rings. The zero-order valence-electron chi connectivity index (χ0n) is 23.6. The molecule has 0 spiro atoms. The quantitative estimate of drug-likeness (QED) is 0.235. The van der Waals surface area contributed by atoms with Crippen molar-refractivity contribution in [1.29, 1.82) is 0 Å². The lowest BCUT2D eigenvalue weighted by atomic mass is 9.87. The van der Waals surface area contributed by atoms with Crippen molar-refractivity contribution in [3.8, 4) is 11.5 Å². The van der Waals surface area contributed by atoms with Gasteiger partial charge < -0.3 is 4.74 Å². The molecule has 192 valence electrons. The highest BCUT2D eigenvalue weighted by molar-refractivity contribution is 7.97. The monoisotopic (exact) mass is 509 g/mol. The Kier molecular flexibility index (Phi) is 7.90. The van der Waals surface area contributed by atoms with Gasteiger partial charge in [-0.1, -0.05) is 91.8 Å². The summed E-state index contributed by atoms with van der Waals surface area (Å²) < 4.78 is 6.17. The summed E-state index contributed by atoms with van der Waals surface area (Å²) in [5.41, 5.74) is 4.31. The Balaban J connectivity index is 1.66.